The summed E-state index contributed by atoms with van der Waals surface area (Å²) in [4.78, 5) is 29.1. The van der Waals surface area contributed by atoms with Gasteiger partial charge in [0.05, 0.1) is 19.7 Å². The van der Waals surface area contributed by atoms with Crippen molar-refractivity contribution >= 4 is 46.0 Å². The van der Waals surface area contributed by atoms with E-state index in [1.165, 1.54) is 14.2 Å². The highest BCUT2D eigenvalue weighted by atomic mass is 35.5. The summed E-state index contributed by atoms with van der Waals surface area (Å²) in [5, 5.41) is 1.42. The molecule has 0 saturated heterocycles. The Morgan fingerprint density at radius 2 is 1.65 bits per heavy atom. The first-order chi connectivity index (χ1) is 12.5. The van der Waals surface area contributed by atoms with Gasteiger partial charge in [0.1, 0.15) is 5.56 Å². The van der Waals surface area contributed by atoms with Crippen molar-refractivity contribution < 1.29 is 19.1 Å². The van der Waals surface area contributed by atoms with Gasteiger partial charge < -0.3 is 9.47 Å². The van der Waals surface area contributed by atoms with E-state index >= 15 is 0 Å². The molecule has 3 rings (SSSR count). The maximum atomic E-state index is 12.5. The molecule has 0 saturated carbocycles. The van der Waals surface area contributed by atoms with Crippen molar-refractivity contribution in [1.29, 1.82) is 0 Å². The first kappa shape index (κ1) is 18.2. The summed E-state index contributed by atoms with van der Waals surface area (Å²) >= 11 is 12.5. The van der Waals surface area contributed by atoms with Gasteiger partial charge in [0.2, 0.25) is 0 Å². The predicted molar refractivity (Wildman–Crippen MR) is 99.9 cm³/mol. The van der Waals surface area contributed by atoms with E-state index in [4.69, 9.17) is 32.7 Å². The summed E-state index contributed by atoms with van der Waals surface area (Å²) in [6.45, 7) is 0. The summed E-state index contributed by atoms with van der Waals surface area (Å²) in [5.41, 5.74) is 1.26. The van der Waals surface area contributed by atoms with E-state index in [0.29, 0.717) is 32.1 Å². The fraction of sp³-hybridized carbons (Fsp3) is 0.105. The predicted octanol–water partition coefficient (Wildman–Crippen LogP) is 4.78. The van der Waals surface area contributed by atoms with Gasteiger partial charge in [-0.15, -0.1) is 0 Å². The molecule has 0 radical (unpaired) electrons. The van der Waals surface area contributed by atoms with Gasteiger partial charge in [0.15, 0.2) is 5.69 Å². The Hall–Kier alpha value is -2.63. The molecular formula is C19H13Cl2NO4. The summed E-state index contributed by atoms with van der Waals surface area (Å²) in [5.74, 6) is -1.48. The highest BCUT2D eigenvalue weighted by Gasteiger charge is 2.28. The number of carbonyl (C=O) groups excluding carboxylic acids is 2. The van der Waals surface area contributed by atoms with Crippen LogP contribution in [0.3, 0.4) is 0 Å². The molecule has 26 heavy (non-hydrogen) atoms. The number of hydrogen-bond donors (Lipinski definition) is 0. The molecule has 132 valence electrons. The molecule has 2 aromatic carbocycles. The number of methoxy groups -OCH3 is 2. The van der Waals surface area contributed by atoms with Crippen LogP contribution in [0.4, 0.5) is 0 Å². The highest BCUT2D eigenvalue weighted by Crippen LogP contribution is 2.38. The minimum absolute atomic E-state index is 0.0257. The van der Waals surface area contributed by atoms with E-state index in [0.717, 1.165) is 0 Å². The van der Waals surface area contributed by atoms with Gasteiger partial charge in [-0.2, -0.15) is 0 Å². The smallest absolute Gasteiger partial charge is 0.357 e. The fourth-order valence-corrected chi connectivity index (χ4v) is 3.13. The van der Waals surface area contributed by atoms with E-state index in [9.17, 15) is 9.59 Å². The van der Waals surface area contributed by atoms with Gasteiger partial charge >= 0.3 is 11.9 Å². The molecule has 0 bridgehead atoms. The number of ether oxygens (including phenoxy) is 2. The fourth-order valence-electron chi connectivity index (χ4n) is 2.72. The van der Waals surface area contributed by atoms with Gasteiger partial charge in [0, 0.05) is 26.6 Å². The van der Waals surface area contributed by atoms with Gasteiger partial charge in [-0.05, 0) is 24.3 Å². The summed E-state index contributed by atoms with van der Waals surface area (Å²) < 4.78 is 9.69. The number of esters is 2. The van der Waals surface area contributed by atoms with Crippen molar-refractivity contribution in [2.24, 2.45) is 0 Å². The second-order valence-electron chi connectivity index (χ2n) is 5.33. The molecule has 3 aromatic rings. The molecule has 0 unspecified atom stereocenters. The Labute approximate surface area is 159 Å². The van der Waals surface area contributed by atoms with Crippen LogP contribution in [0.5, 0.6) is 0 Å². The lowest BCUT2D eigenvalue weighted by Crippen LogP contribution is -2.16. The van der Waals surface area contributed by atoms with Crippen LogP contribution in [-0.2, 0) is 9.47 Å². The molecule has 1 aromatic heterocycles. The monoisotopic (exact) mass is 389 g/mol. The van der Waals surface area contributed by atoms with Crippen LogP contribution < -0.4 is 0 Å². The lowest BCUT2D eigenvalue weighted by Gasteiger charge is -2.16. The number of rotatable bonds is 3. The number of fused-ring (bicyclic) bond motifs is 1. The minimum Gasteiger partial charge on any atom is -0.465 e. The van der Waals surface area contributed by atoms with Crippen LogP contribution in [0.25, 0.3) is 22.0 Å². The summed E-state index contributed by atoms with van der Waals surface area (Å²) in [6, 6.07) is 11.9. The minimum atomic E-state index is -0.754. The largest absolute Gasteiger partial charge is 0.465 e. The number of halogens is 2. The molecule has 0 spiro atoms. The number of pyridine rings is 1. The van der Waals surface area contributed by atoms with Crippen LogP contribution in [0.15, 0.2) is 42.5 Å². The van der Waals surface area contributed by atoms with Gasteiger partial charge in [0.25, 0.3) is 0 Å². The Kier molecular flexibility index (Phi) is 5.11. The van der Waals surface area contributed by atoms with E-state index in [1.54, 1.807) is 42.5 Å². The number of hydrogen-bond acceptors (Lipinski definition) is 5. The first-order valence-electron chi connectivity index (χ1n) is 7.52. The lowest BCUT2D eigenvalue weighted by molar-refractivity contribution is 0.0551. The quantitative estimate of drug-likeness (QED) is 0.602. The average molecular weight is 390 g/mol. The van der Waals surface area contributed by atoms with Crippen molar-refractivity contribution in [2.75, 3.05) is 14.2 Å². The molecule has 0 atom stereocenters. The Morgan fingerprint density at radius 1 is 0.962 bits per heavy atom. The average Bonchev–Trinajstić information content (AvgIpc) is 2.66. The SMILES string of the molecule is COC(=O)c1nc2ccc(Cl)cc2c(-c2ccccc2Cl)c1C(=O)OC. The van der Waals surface area contributed by atoms with E-state index in [-0.39, 0.29) is 11.3 Å². The second-order valence-corrected chi connectivity index (χ2v) is 6.18. The molecule has 0 fully saturated rings. The highest BCUT2D eigenvalue weighted by molar-refractivity contribution is 6.34. The van der Waals surface area contributed by atoms with Crippen molar-refractivity contribution in [1.82, 2.24) is 4.98 Å². The zero-order valence-electron chi connectivity index (χ0n) is 13.9. The third-order valence-electron chi connectivity index (χ3n) is 3.86. The van der Waals surface area contributed by atoms with Crippen LogP contribution in [0.1, 0.15) is 20.8 Å². The van der Waals surface area contributed by atoms with Crippen molar-refractivity contribution in [3.8, 4) is 11.1 Å². The second kappa shape index (κ2) is 7.32. The molecule has 0 aliphatic carbocycles. The Bertz CT molecular complexity index is 1030. The zero-order valence-corrected chi connectivity index (χ0v) is 15.4. The first-order valence-corrected chi connectivity index (χ1v) is 8.28. The molecule has 0 aliphatic rings. The van der Waals surface area contributed by atoms with Gasteiger partial charge in [-0.3, -0.25) is 0 Å². The van der Waals surface area contributed by atoms with Gasteiger partial charge in [-0.25, -0.2) is 14.6 Å². The third kappa shape index (κ3) is 3.11. The van der Waals surface area contributed by atoms with E-state index < -0.39 is 11.9 Å². The number of carbonyl (C=O) groups is 2. The Morgan fingerprint density at radius 3 is 2.31 bits per heavy atom. The van der Waals surface area contributed by atoms with Crippen LogP contribution >= 0.6 is 23.2 Å². The van der Waals surface area contributed by atoms with E-state index in [2.05, 4.69) is 4.98 Å². The standard InChI is InChI=1S/C19H13Cl2NO4/c1-25-18(23)16-15(11-5-3-4-6-13(11)21)12-9-10(20)7-8-14(12)22-17(16)19(24)26-2/h3-9H,1-2H3. The number of benzene rings is 2. The Balaban J connectivity index is 2.55. The normalized spacial score (nSPS) is 10.6. The maximum absolute atomic E-state index is 12.5. The van der Waals surface area contributed by atoms with Crippen LogP contribution in [0.2, 0.25) is 10.0 Å². The summed E-state index contributed by atoms with van der Waals surface area (Å²) in [7, 11) is 2.44. The molecule has 0 aliphatic heterocycles. The molecule has 1 heterocycles. The van der Waals surface area contributed by atoms with Crippen LogP contribution in [0, 0.1) is 0 Å². The number of nitrogens with zero attached hydrogens (tertiary/aromatic N) is 1. The molecule has 7 heteroatoms. The lowest BCUT2D eigenvalue weighted by atomic mass is 9.94. The van der Waals surface area contributed by atoms with Crippen molar-refractivity contribution in [3.05, 3.63) is 63.8 Å². The molecule has 0 amide bonds. The molecular weight excluding hydrogens is 377 g/mol. The van der Waals surface area contributed by atoms with Gasteiger partial charge in [-0.1, -0.05) is 41.4 Å². The van der Waals surface area contributed by atoms with Crippen molar-refractivity contribution in [3.63, 3.8) is 0 Å². The van der Waals surface area contributed by atoms with Crippen LogP contribution in [-0.4, -0.2) is 31.1 Å². The maximum Gasteiger partial charge on any atom is 0.357 e. The summed E-state index contributed by atoms with van der Waals surface area (Å²) in [6.07, 6.45) is 0. The van der Waals surface area contributed by atoms with E-state index in [1.807, 2.05) is 0 Å². The topological polar surface area (TPSA) is 65.5 Å². The number of aromatic nitrogens is 1. The zero-order chi connectivity index (χ0) is 18.8. The molecule has 5 nitrogen and oxygen atoms in total. The van der Waals surface area contributed by atoms with Crippen molar-refractivity contribution in [2.45, 2.75) is 0 Å². The third-order valence-corrected chi connectivity index (χ3v) is 4.42. The molecule has 0 N–H and O–H groups in total.